The summed E-state index contributed by atoms with van der Waals surface area (Å²) in [5.74, 6) is -0.380. The highest BCUT2D eigenvalue weighted by Gasteiger charge is 2.03. The third kappa shape index (κ3) is 5.50. The van der Waals surface area contributed by atoms with E-state index in [2.05, 4.69) is 9.47 Å². The molecule has 3 nitrogen and oxygen atoms in total. The molecule has 0 saturated carbocycles. The fraction of sp³-hybridized carbons (Fsp3) is 0.833. The van der Waals surface area contributed by atoms with Crippen molar-refractivity contribution in [2.24, 2.45) is 0 Å². The summed E-state index contributed by atoms with van der Waals surface area (Å²) < 4.78 is 20.3. The minimum Gasteiger partial charge on any atom is -0.460 e. The predicted octanol–water partition coefficient (Wildman–Crippen LogP) is 0.882. The van der Waals surface area contributed by atoms with E-state index in [4.69, 9.17) is 0 Å². The van der Waals surface area contributed by atoms with Gasteiger partial charge in [0.25, 0.3) is 0 Å². The van der Waals surface area contributed by atoms with Crippen LogP contribution in [0.4, 0.5) is 4.39 Å². The summed E-state index contributed by atoms with van der Waals surface area (Å²) in [4.78, 5) is 10.2. The summed E-state index contributed by atoms with van der Waals surface area (Å²) >= 11 is 0. The first kappa shape index (κ1) is 9.36. The minimum absolute atomic E-state index is 0.107. The van der Waals surface area contributed by atoms with Crippen LogP contribution in [0.25, 0.3) is 0 Å². The maximum absolute atomic E-state index is 11.3. The van der Waals surface area contributed by atoms with Crippen LogP contribution < -0.4 is 0 Å². The van der Waals surface area contributed by atoms with E-state index < -0.39 is 6.86 Å². The second-order valence-electron chi connectivity index (χ2n) is 1.90. The molecule has 0 aliphatic heterocycles. The van der Waals surface area contributed by atoms with Crippen LogP contribution in [0.1, 0.15) is 13.8 Å². The Hall–Kier alpha value is -0.640. The van der Waals surface area contributed by atoms with Gasteiger partial charge in [-0.05, 0) is 6.92 Å². The summed E-state index contributed by atoms with van der Waals surface area (Å²) in [6.07, 6.45) is -0.367. The van der Waals surface area contributed by atoms with E-state index in [1.165, 1.54) is 6.92 Å². The van der Waals surface area contributed by atoms with E-state index in [9.17, 15) is 9.18 Å². The number of carbonyl (C=O) groups excluding carboxylic acids is 1. The first-order valence-electron chi connectivity index (χ1n) is 2.97. The van der Waals surface area contributed by atoms with Gasteiger partial charge in [0, 0.05) is 6.92 Å². The molecule has 0 bridgehead atoms. The molecule has 0 saturated heterocycles. The molecule has 0 radical (unpaired) electrons. The van der Waals surface area contributed by atoms with Gasteiger partial charge in [0.15, 0.2) is 6.86 Å². The highest BCUT2D eigenvalue weighted by atomic mass is 19.1. The number of halogens is 1. The van der Waals surface area contributed by atoms with Crippen molar-refractivity contribution >= 4 is 5.97 Å². The molecule has 0 amide bonds. The van der Waals surface area contributed by atoms with Gasteiger partial charge in [-0.15, -0.1) is 0 Å². The van der Waals surface area contributed by atoms with E-state index in [-0.39, 0.29) is 18.7 Å². The first-order valence-corrected chi connectivity index (χ1v) is 2.97. The molecule has 0 spiro atoms. The molecular formula is C6H11FO3. The summed E-state index contributed by atoms with van der Waals surface area (Å²) in [6, 6.07) is 0. The Balaban J connectivity index is 3.25. The van der Waals surface area contributed by atoms with Crippen molar-refractivity contribution in [3.8, 4) is 0 Å². The number of hydrogen-bond acceptors (Lipinski definition) is 3. The van der Waals surface area contributed by atoms with Crippen molar-refractivity contribution in [3.05, 3.63) is 0 Å². The van der Waals surface area contributed by atoms with Crippen LogP contribution in [0.2, 0.25) is 0 Å². The number of ether oxygens (including phenoxy) is 2. The average Bonchev–Trinajstić information content (AvgIpc) is 1.82. The number of hydrogen-bond donors (Lipinski definition) is 0. The zero-order chi connectivity index (χ0) is 7.98. The average molecular weight is 150 g/mol. The van der Waals surface area contributed by atoms with Gasteiger partial charge in [0.2, 0.25) is 0 Å². The topological polar surface area (TPSA) is 35.5 Å². The van der Waals surface area contributed by atoms with Crippen molar-refractivity contribution in [2.75, 3.05) is 13.5 Å². The van der Waals surface area contributed by atoms with Gasteiger partial charge in [-0.25, -0.2) is 4.39 Å². The normalized spacial score (nSPS) is 12.7. The molecule has 0 aromatic rings. The Morgan fingerprint density at radius 2 is 2.30 bits per heavy atom. The van der Waals surface area contributed by atoms with E-state index in [0.29, 0.717) is 0 Å². The lowest BCUT2D eigenvalue weighted by Gasteiger charge is -2.09. The van der Waals surface area contributed by atoms with Crippen LogP contribution in [-0.4, -0.2) is 25.5 Å². The van der Waals surface area contributed by atoms with Gasteiger partial charge in [-0.1, -0.05) is 0 Å². The Kier molecular flexibility index (Phi) is 4.84. The molecule has 10 heavy (non-hydrogen) atoms. The first-order chi connectivity index (χ1) is 4.66. The molecule has 0 heterocycles. The Labute approximate surface area is 59.1 Å². The lowest BCUT2D eigenvalue weighted by Crippen LogP contribution is -2.18. The maximum atomic E-state index is 11.3. The third-order valence-corrected chi connectivity index (χ3v) is 0.797. The van der Waals surface area contributed by atoms with Gasteiger partial charge < -0.3 is 9.47 Å². The third-order valence-electron chi connectivity index (χ3n) is 0.797. The van der Waals surface area contributed by atoms with Gasteiger partial charge in [0.05, 0.1) is 6.61 Å². The summed E-state index contributed by atoms with van der Waals surface area (Å²) in [7, 11) is 0. The van der Waals surface area contributed by atoms with Gasteiger partial charge in [0.1, 0.15) is 6.10 Å². The molecule has 0 rings (SSSR count). The van der Waals surface area contributed by atoms with Gasteiger partial charge in [-0.2, -0.15) is 0 Å². The lowest BCUT2D eigenvalue weighted by atomic mass is 10.4. The van der Waals surface area contributed by atoms with Crippen molar-refractivity contribution in [3.63, 3.8) is 0 Å². The van der Waals surface area contributed by atoms with Gasteiger partial charge >= 0.3 is 5.97 Å². The number of alkyl halides is 1. The molecule has 1 atom stereocenters. The van der Waals surface area contributed by atoms with Crippen molar-refractivity contribution in [1.29, 1.82) is 0 Å². The number of esters is 1. The maximum Gasteiger partial charge on any atom is 0.302 e. The summed E-state index contributed by atoms with van der Waals surface area (Å²) in [6.45, 7) is 2.20. The molecule has 60 valence electrons. The molecule has 1 unspecified atom stereocenters. The Morgan fingerprint density at radius 3 is 2.70 bits per heavy atom. The fourth-order valence-corrected chi connectivity index (χ4v) is 0.528. The zero-order valence-electron chi connectivity index (χ0n) is 6.09. The monoisotopic (exact) mass is 150 g/mol. The van der Waals surface area contributed by atoms with E-state index in [1.54, 1.807) is 6.92 Å². The van der Waals surface area contributed by atoms with E-state index in [1.807, 2.05) is 0 Å². The molecule has 4 heteroatoms. The summed E-state index contributed by atoms with van der Waals surface area (Å²) in [5, 5.41) is 0. The van der Waals surface area contributed by atoms with Crippen LogP contribution in [0.15, 0.2) is 0 Å². The number of rotatable bonds is 4. The van der Waals surface area contributed by atoms with Crippen LogP contribution in [-0.2, 0) is 14.3 Å². The fourth-order valence-electron chi connectivity index (χ4n) is 0.528. The zero-order valence-corrected chi connectivity index (χ0v) is 6.09. The molecular weight excluding hydrogens is 139 g/mol. The second kappa shape index (κ2) is 5.17. The van der Waals surface area contributed by atoms with Gasteiger partial charge in [-0.3, -0.25) is 4.79 Å². The largest absolute Gasteiger partial charge is 0.460 e. The van der Waals surface area contributed by atoms with Crippen molar-refractivity contribution in [1.82, 2.24) is 0 Å². The Morgan fingerprint density at radius 1 is 1.70 bits per heavy atom. The van der Waals surface area contributed by atoms with E-state index in [0.717, 1.165) is 0 Å². The van der Waals surface area contributed by atoms with Crippen molar-refractivity contribution < 1.29 is 18.7 Å². The lowest BCUT2D eigenvalue weighted by molar-refractivity contribution is -0.149. The molecule has 0 N–H and O–H groups in total. The van der Waals surface area contributed by atoms with Crippen LogP contribution in [0, 0.1) is 0 Å². The highest BCUT2D eigenvalue weighted by molar-refractivity contribution is 5.66. The molecule has 0 aliphatic rings. The molecule has 0 aromatic heterocycles. The minimum atomic E-state index is -0.842. The van der Waals surface area contributed by atoms with Crippen molar-refractivity contribution in [2.45, 2.75) is 20.0 Å². The molecule has 0 fully saturated rings. The van der Waals surface area contributed by atoms with Crippen LogP contribution in [0.5, 0.6) is 0 Å². The van der Waals surface area contributed by atoms with Crippen LogP contribution in [0.3, 0.4) is 0 Å². The predicted molar refractivity (Wildman–Crippen MR) is 33.2 cm³/mol. The number of carbonyl (C=O) groups is 1. The van der Waals surface area contributed by atoms with Crippen LogP contribution >= 0.6 is 0 Å². The molecule has 0 aromatic carbocycles. The Bertz CT molecular complexity index is 105. The smallest absolute Gasteiger partial charge is 0.302 e. The standard InChI is InChI=1S/C6H11FO3/c1-5(3-9-4-7)10-6(2)8/h5H,3-4H2,1-2H3. The second-order valence-corrected chi connectivity index (χ2v) is 1.90. The highest BCUT2D eigenvalue weighted by Crippen LogP contribution is 1.91. The SMILES string of the molecule is CC(=O)OC(C)COCF. The summed E-state index contributed by atoms with van der Waals surface area (Å²) in [5.41, 5.74) is 0. The quantitative estimate of drug-likeness (QED) is 0.558. The van der Waals surface area contributed by atoms with E-state index >= 15 is 0 Å². The molecule has 0 aliphatic carbocycles.